The second kappa shape index (κ2) is 5.11. The monoisotopic (exact) mass is 214 g/mol. The molecule has 1 rings (SSSR count). The van der Waals surface area contributed by atoms with E-state index in [1.165, 1.54) is 4.90 Å². The molecule has 86 valence electrons. The van der Waals surface area contributed by atoms with E-state index in [0.29, 0.717) is 19.5 Å². The number of carbonyl (C=O) groups excluding carboxylic acids is 2. The number of hydrogen-bond donors (Lipinski definition) is 1. The van der Waals surface area contributed by atoms with E-state index in [4.69, 9.17) is 5.11 Å². The smallest absolute Gasteiger partial charge is 0.242 e. The van der Waals surface area contributed by atoms with Crippen LogP contribution >= 0.6 is 0 Å². The van der Waals surface area contributed by atoms with Crippen molar-refractivity contribution < 1.29 is 14.7 Å². The number of aliphatic hydroxyl groups is 1. The van der Waals surface area contributed by atoms with E-state index in [1.54, 1.807) is 18.9 Å². The first-order chi connectivity index (χ1) is 7.00. The molecule has 1 aliphatic rings. The first kappa shape index (κ1) is 12.0. The van der Waals surface area contributed by atoms with Gasteiger partial charge in [-0.3, -0.25) is 9.59 Å². The summed E-state index contributed by atoms with van der Waals surface area (Å²) in [5.41, 5.74) is 0. The minimum absolute atomic E-state index is 0.0498. The fourth-order valence-corrected chi connectivity index (χ4v) is 1.65. The van der Waals surface area contributed by atoms with Crippen molar-refractivity contribution in [2.45, 2.75) is 25.9 Å². The van der Waals surface area contributed by atoms with Crippen LogP contribution in [0.15, 0.2) is 0 Å². The van der Waals surface area contributed by atoms with E-state index in [9.17, 15) is 9.59 Å². The molecule has 1 aliphatic heterocycles. The Morgan fingerprint density at radius 2 is 2.33 bits per heavy atom. The molecule has 0 saturated carbocycles. The third-order valence-corrected chi connectivity index (χ3v) is 2.46. The number of hydrogen-bond acceptors (Lipinski definition) is 3. The molecule has 2 amide bonds. The molecule has 0 aromatic carbocycles. The highest BCUT2D eigenvalue weighted by Gasteiger charge is 2.23. The Labute approximate surface area is 89.7 Å². The first-order valence-corrected chi connectivity index (χ1v) is 5.20. The van der Waals surface area contributed by atoms with Gasteiger partial charge in [0, 0.05) is 26.6 Å². The maximum Gasteiger partial charge on any atom is 0.242 e. The maximum absolute atomic E-state index is 11.6. The minimum atomic E-state index is -0.534. The van der Waals surface area contributed by atoms with E-state index in [1.807, 2.05) is 0 Å². The van der Waals surface area contributed by atoms with E-state index >= 15 is 0 Å². The number of amides is 2. The molecular weight excluding hydrogens is 196 g/mol. The van der Waals surface area contributed by atoms with Gasteiger partial charge in [-0.05, 0) is 13.3 Å². The number of likely N-dealkylation sites (N-methyl/N-ethyl adjacent to an activating group) is 1. The summed E-state index contributed by atoms with van der Waals surface area (Å²) in [4.78, 5) is 25.9. The Balaban J connectivity index is 2.37. The molecule has 0 aromatic heterocycles. The van der Waals surface area contributed by atoms with E-state index in [0.717, 1.165) is 6.42 Å². The van der Waals surface area contributed by atoms with Crippen molar-refractivity contribution >= 4 is 11.8 Å². The zero-order chi connectivity index (χ0) is 11.4. The van der Waals surface area contributed by atoms with Gasteiger partial charge in [0.2, 0.25) is 11.8 Å². The highest BCUT2D eigenvalue weighted by atomic mass is 16.3. The average molecular weight is 214 g/mol. The Kier molecular flexibility index (Phi) is 4.08. The van der Waals surface area contributed by atoms with Gasteiger partial charge in [0.15, 0.2) is 0 Å². The molecule has 1 unspecified atom stereocenters. The van der Waals surface area contributed by atoms with Crippen LogP contribution in [0.25, 0.3) is 0 Å². The van der Waals surface area contributed by atoms with Gasteiger partial charge in [-0.1, -0.05) is 0 Å². The van der Waals surface area contributed by atoms with Crippen LogP contribution < -0.4 is 0 Å². The van der Waals surface area contributed by atoms with Gasteiger partial charge in [-0.25, -0.2) is 0 Å². The molecule has 1 N–H and O–H groups in total. The van der Waals surface area contributed by atoms with Gasteiger partial charge in [0.25, 0.3) is 0 Å². The summed E-state index contributed by atoms with van der Waals surface area (Å²) in [6.45, 7) is 2.75. The van der Waals surface area contributed by atoms with Crippen molar-refractivity contribution in [3.05, 3.63) is 0 Å². The summed E-state index contributed by atoms with van der Waals surface area (Å²) in [7, 11) is 1.63. The van der Waals surface area contributed by atoms with Crippen LogP contribution in [-0.2, 0) is 9.59 Å². The molecule has 1 saturated heterocycles. The van der Waals surface area contributed by atoms with Crippen molar-refractivity contribution in [1.29, 1.82) is 0 Å². The summed E-state index contributed by atoms with van der Waals surface area (Å²) < 4.78 is 0. The molecular formula is C10H18N2O3. The van der Waals surface area contributed by atoms with Gasteiger partial charge >= 0.3 is 0 Å². The van der Waals surface area contributed by atoms with Crippen molar-refractivity contribution in [3.8, 4) is 0 Å². The van der Waals surface area contributed by atoms with Gasteiger partial charge in [-0.15, -0.1) is 0 Å². The van der Waals surface area contributed by atoms with Gasteiger partial charge < -0.3 is 14.9 Å². The lowest BCUT2D eigenvalue weighted by molar-refractivity contribution is -0.138. The Morgan fingerprint density at radius 1 is 1.67 bits per heavy atom. The van der Waals surface area contributed by atoms with E-state index < -0.39 is 6.10 Å². The average Bonchev–Trinajstić information content (AvgIpc) is 2.50. The third kappa shape index (κ3) is 3.51. The summed E-state index contributed by atoms with van der Waals surface area (Å²) in [6.07, 6.45) is 0.854. The van der Waals surface area contributed by atoms with Crippen molar-refractivity contribution in [1.82, 2.24) is 9.80 Å². The first-order valence-electron chi connectivity index (χ1n) is 5.20. The molecule has 0 bridgehead atoms. The van der Waals surface area contributed by atoms with Crippen LogP contribution in [0.4, 0.5) is 0 Å². The largest absolute Gasteiger partial charge is 0.392 e. The van der Waals surface area contributed by atoms with E-state index in [2.05, 4.69) is 0 Å². The maximum atomic E-state index is 11.6. The lowest BCUT2D eigenvalue weighted by atomic mass is 10.3. The molecule has 1 heterocycles. The second-order valence-corrected chi connectivity index (χ2v) is 4.04. The van der Waals surface area contributed by atoms with Crippen molar-refractivity contribution in [2.24, 2.45) is 0 Å². The van der Waals surface area contributed by atoms with Crippen molar-refractivity contribution in [2.75, 3.05) is 26.7 Å². The topological polar surface area (TPSA) is 60.9 Å². The van der Waals surface area contributed by atoms with Crippen LogP contribution in [0.1, 0.15) is 19.8 Å². The fraction of sp³-hybridized carbons (Fsp3) is 0.800. The molecule has 0 spiro atoms. The van der Waals surface area contributed by atoms with E-state index in [-0.39, 0.29) is 18.4 Å². The molecule has 1 fully saturated rings. The predicted octanol–water partition coefficient (Wildman–Crippen LogP) is -0.552. The molecule has 0 radical (unpaired) electrons. The highest BCUT2D eigenvalue weighted by Crippen LogP contribution is 2.09. The number of carbonyl (C=O) groups is 2. The summed E-state index contributed by atoms with van der Waals surface area (Å²) >= 11 is 0. The highest BCUT2D eigenvalue weighted by molar-refractivity contribution is 5.85. The zero-order valence-corrected chi connectivity index (χ0v) is 9.27. The van der Waals surface area contributed by atoms with Crippen molar-refractivity contribution in [3.63, 3.8) is 0 Å². The van der Waals surface area contributed by atoms with Gasteiger partial charge in [-0.2, -0.15) is 0 Å². The molecule has 0 aromatic rings. The zero-order valence-electron chi connectivity index (χ0n) is 9.27. The Morgan fingerprint density at radius 3 is 2.80 bits per heavy atom. The molecule has 15 heavy (non-hydrogen) atoms. The number of nitrogens with zero attached hydrogens (tertiary/aromatic N) is 2. The lowest BCUT2D eigenvalue weighted by Crippen LogP contribution is -2.41. The summed E-state index contributed by atoms with van der Waals surface area (Å²) in [5, 5.41) is 9.11. The fourth-order valence-electron chi connectivity index (χ4n) is 1.65. The number of likely N-dealkylation sites (tertiary alicyclic amines) is 1. The van der Waals surface area contributed by atoms with Crippen LogP contribution in [0, 0.1) is 0 Å². The lowest BCUT2D eigenvalue weighted by Gasteiger charge is -2.22. The summed E-state index contributed by atoms with van der Waals surface area (Å²) in [6, 6.07) is 0. The molecule has 5 nitrogen and oxygen atoms in total. The Hall–Kier alpha value is -1.10. The third-order valence-electron chi connectivity index (χ3n) is 2.46. The summed E-state index contributed by atoms with van der Waals surface area (Å²) in [5.74, 6) is -0.0695. The number of rotatable bonds is 4. The standard InChI is InChI=1S/C10H18N2O3/c1-8(13)6-11(2)10(15)7-12-5-3-4-9(12)14/h8,13H,3-7H2,1-2H3. The van der Waals surface area contributed by atoms with Gasteiger partial charge in [0.05, 0.1) is 12.6 Å². The van der Waals surface area contributed by atoms with Crippen LogP contribution in [0.3, 0.4) is 0 Å². The predicted molar refractivity (Wildman–Crippen MR) is 55.1 cm³/mol. The second-order valence-electron chi connectivity index (χ2n) is 4.04. The number of aliphatic hydroxyl groups excluding tert-OH is 1. The van der Waals surface area contributed by atoms with Crippen LogP contribution in [-0.4, -0.2) is 59.5 Å². The van der Waals surface area contributed by atoms with Crippen LogP contribution in [0.2, 0.25) is 0 Å². The van der Waals surface area contributed by atoms with Crippen LogP contribution in [0.5, 0.6) is 0 Å². The minimum Gasteiger partial charge on any atom is -0.392 e. The molecule has 5 heteroatoms. The quantitative estimate of drug-likeness (QED) is 0.683. The Bertz CT molecular complexity index is 253. The molecule has 1 atom stereocenters. The normalized spacial score (nSPS) is 18.1. The molecule has 0 aliphatic carbocycles. The van der Waals surface area contributed by atoms with Gasteiger partial charge in [0.1, 0.15) is 0 Å². The SMILES string of the molecule is CC(O)CN(C)C(=O)CN1CCCC1=O.